The van der Waals surface area contributed by atoms with Crippen LogP contribution in [0.15, 0.2) is 0 Å². The number of nitrogens with zero attached hydrogens (tertiary/aromatic N) is 1. The van der Waals surface area contributed by atoms with E-state index in [1.165, 1.54) is 96.3 Å². The molecule has 34 heavy (non-hydrogen) atoms. The van der Waals surface area contributed by atoms with Gasteiger partial charge in [-0.1, -0.05) is 110 Å². The van der Waals surface area contributed by atoms with Gasteiger partial charge in [-0.3, -0.25) is 4.79 Å². The lowest BCUT2D eigenvalue weighted by Gasteiger charge is -2.17. The molecule has 0 aromatic carbocycles. The minimum absolute atomic E-state index is 0.188. The third-order valence-electron chi connectivity index (χ3n) is 6.20. The van der Waals surface area contributed by atoms with E-state index in [0.29, 0.717) is 13.1 Å². The van der Waals surface area contributed by atoms with Crippen molar-refractivity contribution < 1.29 is 23.5 Å². The molecule has 0 rings (SSSR count). The number of hydrogen-bond donors (Lipinski definition) is 1. The van der Waals surface area contributed by atoms with E-state index < -0.39 is 8.60 Å². The van der Waals surface area contributed by atoms with Gasteiger partial charge in [0.1, 0.15) is 6.10 Å². The molecule has 0 aliphatic carbocycles. The molecule has 0 aromatic heterocycles. The van der Waals surface area contributed by atoms with Gasteiger partial charge in [-0.25, -0.2) is 0 Å². The van der Waals surface area contributed by atoms with Crippen LogP contribution in [-0.4, -0.2) is 56.2 Å². The summed E-state index contributed by atoms with van der Waals surface area (Å²) in [7, 11) is 2.09. The summed E-state index contributed by atoms with van der Waals surface area (Å²) in [5, 5.41) is 0. The average molecular weight is 506 g/mol. The lowest BCUT2D eigenvalue weighted by molar-refractivity contribution is -0.135. The second-order valence-corrected chi connectivity index (χ2v) is 10.8. The minimum Gasteiger partial charge on any atom is -0.462 e. The topological polar surface area (TPSA) is 68.2 Å². The summed E-state index contributed by atoms with van der Waals surface area (Å²) in [5.41, 5.74) is 0. The molecule has 204 valence electrons. The number of hydrogen-bond acceptors (Lipinski definition) is 6. The van der Waals surface area contributed by atoms with Crippen molar-refractivity contribution in [1.82, 2.24) is 4.90 Å². The van der Waals surface area contributed by atoms with Gasteiger partial charge in [0.2, 0.25) is 0 Å². The van der Waals surface area contributed by atoms with Crippen LogP contribution in [0.4, 0.5) is 0 Å². The zero-order valence-electron chi connectivity index (χ0n) is 22.7. The Morgan fingerprint density at radius 1 is 0.735 bits per heavy atom. The van der Waals surface area contributed by atoms with Gasteiger partial charge in [0.25, 0.3) is 6.47 Å². The average Bonchev–Trinajstić information content (AvgIpc) is 2.82. The van der Waals surface area contributed by atoms with E-state index in [2.05, 4.69) is 11.8 Å². The molecule has 0 radical (unpaired) electrons. The third kappa shape index (κ3) is 26.3. The van der Waals surface area contributed by atoms with Gasteiger partial charge in [0.05, 0.1) is 13.2 Å². The smallest absolute Gasteiger partial charge is 0.329 e. The van der Waals surface area contributed by atoms with Gasteiger partial charge in [0, 0.05) is 0 Å². The highest BCUT2D eigenvalue weighted by atomic mass is 31.2. The molecular formula is C27H56NO5P. The Kier molecular flexibility index (Phi) is 27.1. The Bertz CT molecular complexity index is 414. The Morgan fingerprint density at radius 3 is 1.65 bits per heavy atom. The predicted octanol–water partition coefficient (Wildman–Crippen LogP) is 7.77. The first-order valence-electron chi connectivity index (χ1n) is 14.1. The van der Waals surface area contributed by atoms with Crippen LogP contribution >= 0.6 is 8.60 Å². The second-order valence-electron chi connectivity index (χ2n) is 9.82. The Labute approximate surface area is 212 Å². The highest BCUT2D eigenvalue weighted by molar-refractivity contribution is 7.40. The SMILES string of the molecule is CCCCCCCCCCCCCCCCCCCC(COP(O)OCCCN(C)C)OC=O. The van der Waals surface area contributed by atoms with Crippen LogP contribution in [-0.2, 0) is 18.6 Å². The quantitative estimate of drug-likeness (QED) is 0.0665. The van der Waals surface area contributed by atoms with E-state index in [4.69, 9.17) is 13.8 Å². The highest BCUT2D eigenvalue weighted by Crippen LogP contribution is 2.33. The van der Waals surface area contributed by atoms with Crippen molar-refractivity contribution in [2.24, 2.45) is 0 Å². The molecule has 6 nitrogen and oxygen atoms in total. The fourth-order valence-corrected chi connectivity index (χ4v) is 4.73. The lowest BCUT2D eigenvalue weighted by atomic mass is 10.0. The van der Waals surface area contributed by atoms with E-state index in [-0.39, 0.29) is 12.7 Å². The molecule has 0 saturated heterocycles. The van der Waals surface area contributed by atoms with Gasteiger partial charge in [-0.05, 0) is 39.9 Å². The highest BCUT2D eigenvalue weighted by Gasteiger charge is 2.14. The molecule has 0 fully saturated rings. The second kappa shape index (κ2) is 27.3. The molecule has 0 spiro atoms. The largest absolute Gasteiger partial charge is 0.462 e. The van der Waals surface area contributed by atoms with E-state index in [9.17, 15) is 9.69 Å². The van der Waals surface area contributed by atoms with E-state index >= 15 is 0 Å². The molecule has 0 bridgehead atoms. The normalized spacial score (nSPS) is 13.3. The summed E-state index contributed by atoms with van der Waals surface area (Å²) in [6.07, 6.45) is 24.2. The van der Waals surface area contributed by atoms with Crippen molar-refractivity contribution in [3.05, 3.63) is 0 Å². The third-order valence-corrected chi connectivity index (χ3v) is 6.97. The van der Waals surface area contributed by atoms with Crippen LogP contribution < -0.4 is 0 Å². The van der Waals surface area contributed by atoms with Crippen molar-refractivity contribution in [2.75, 3.05) is 33.9 Å². The van der Waals surface area contributed by atoms with Crippen molar-refractivity contribution in [3.63, 3.8) is 0 Å². The molecule has 0 saturated carbocycles. The Balaban J connectivity index is 3.46. The van der Waals surface area contributed by atoms with E-state index in [0.717, 1.165) is 32.2 Å². The first-order chi connectivity index (χ1) is 16.6. The summed E-state index contributed by atoms with van der Waals surface area (Å²) < 4.78 is 15.7. The maximum Gasteiger partial charge on any atom is 0.329 e. The molecule has 1 N–H and O–H groups in total. The summed E-state index contributed by atoms with van der Waals surface area (Å²) in [5.74, 6) is 0. The van der Waals surface area contributed by atoms with E-state index in [1.54, 1.807) is 0 Å². The van der Waals surface area contributed by atoms with Crippen LogP contribution in [0.3, 0.4) is 0 Å². The fraction of sp³-hybridized carbons (Fsp3) is 0.963. The van der Waals surface area contributed by atoms with Gasteiger partial charge >= 0.3 is 8.60 Å². The summed E-state index contributed by atoms with van der Waals surface area (Å²) >= 11 is 0. The summed E-state index contributed by atoms with van der Waals surface area (Å²) in [6, 6.07) is 0. The standard InChI is InChI=1S/C27H56NO5P/c1-4-5-6-7-8-9-10-11-12-13-14-15-16-17-18-19-20-22-27(31-26-29)25-33-34(30)32-24-21-23-28(2)3/h26-27,30H,4-25H2,1-3H3. The van der Waals surface area contributed by atoms with Crippen LogP contribution in [0, 0.1) is 0 Å². The zero-order valence-corrected chi connectivity index (χ0v) is 23.6. The lowest BCUT2D eigenvalue weighted by Crippen LogP contribution is -2.19. The van der Waals surface area contributed by atoms with Gasteiger partial charge in [0.15, 0.2) is 0 Å². The maximum atomic E-state index is 10.7. The summed E-state index contributed by atoms with van der Waals surface area (Å²) in [4.78, 5) is 22.6. The molecule has 2 unspecified atom stereocenters. The fourth-order valence-electron chi connectivity index (χ4n) is 4.07. The van der Waals surface area contributed by atoms with Crippen LogP contribution in [0.1, 0.15) is 129 Å². The zero-order chi connectivity index (χ0) is 25.1. The van der Waals surface area contributed by atoms with Crippen molar-refractivity contribution in [2.45, 2.75) is 135 Å². The Morgan fingerprint density at radius 2 is 1.21 bits per heavy atom. The van der Waals surface area contributed by atoms with E-state index in [1.807, 2.05) is 14.1 Å². The van der Waals surface area contributed by atoms with Gasteiger partial charge < -0.3 is 23.6 Å². The molecule has 0 aliphatic rings. The molecule has 0 heterocycles. The number of carbonyl (C=O) groups is 1. The molecule has 0 aliphatic heterocycles. The number of ether oxygens (including phenoxy) is 1. The van der Waals surface area contributed by atoms with Crippen molar-refractivity contribution in [1.29, 1.82) is 0 Å². The molecule has 2 atom stereocenters. The maximum absolute atomic E-state index is 10.7. The molecular weight excluding hydrogens is 449 g/mol. The monoisotopic (exact) mass is 505 g/mol. The first kappa shape index (κ1) is 33.7. The Hall–Kier alpha value is -0.260. The molecule has 0 aromatic rings. The number of unbranched alkanes of at least 4 members (excludes halogenated alkanes) is 16. The van der Waals surface area contributed by atoms with Crippen molar-refractivity contribution >= 4 is 15.1 Å². The van der Waals surface area contributed by atoms with Crippen LogP contribution in [0.25, 0.3) is 0 Å². The first-order valence-corrected chi connectivity index (χ1v) is 15.2. The number of rotatable bonds is 28. The van der Waals surface area contributed by atoms with Gasteiger partial charge in [-0.2, -0.15) is 0 Å². The van der Waals surface area contributed by atoms with Crippen LogP contribution in [0.5, 0.6) is 0 Å². The molecule has 7 heteroatoms. The molecule has 0 amide bonds. The van der Waals surface area contributed by atoms with Gasteiger partial charge in [-0.15, -0.1) is 0 Å². The van der Waals surface area contributed by atoms with Crippen LogP contribution in [0.2, 0.25) is 0 Å². The summed E-state index contributed by atoms with van der Waals surface area (Å²) in [6.45, 7) is 4.30. The predicted molar refractivity (Wildman–Crippen MR) is 144 cm³/mol. The van der Waals surface area contributed by atoms with Crippen molar-refractivity contribution in [3.8, 4) is 0 Å². The number of carbonyl (C=O) groups excluding carboxylic acids is 1. The minimum atomic E-state index is -1.91.